The highest BCUT2D eigenvalue weighted by Crippen LogP contribution is 2.47. The van der Waals surface area contributed by atoms with Gasteiger partial charge in [-0.05, 0) is 38.5 Å². The summed E-state index contributed by atoms with van der Waals surface area (Å²) in [4.78, 5) is 23.2. The average molecular weight is 517 g/mol. The Hall–Kier alpha value is -0.180. The standard InChI is InChI=1S/C24H36O4S4/c1-15(2)23(25)27-11-19-13-29-21(31-19)9-17-5-7-18(8-6-17)10-22-30-14-20(32-22)12-28-24(26)16(3)4/h17-22H,1,3,5-14H2,2,4H3. The van der Waals surface area contributed by atoms with E-state index in [1.807, 2.05) is 47.0 Å². The zero-order chi connectivity index (χ0) is 23.1. The molecule has 1 saturated carbocycles. The van der Waals surface area contributed by atoms with E-state index in [4.69, 9.17) is 9.47 Å². The van der Waals surface area contributed by atoms with Gasteiger partial charge in [-0.3, -0.25) is 0 Å². The summed E-state index contributed by atoms with van der Waals surface area (Å²) >= 11 is 8.09. The first-order valence-electron chi connectivity index (χ1n) is 11.5. The number of thioether (sulfide) groups is 4. The number of ether oxygens (including phenoxy) is 2. The number of carbonyl (C=O) groups excluding carboxylic acids is 2. The average Bonchev–Trinajstić information content (AvgIpc) is 3.40. The van der Waals surface area contributed by atoms with Crippen molar-refractivity contribution >= 4 is 59.0 Å². The molecule has 0 aromatic rings. The van der Waals surface area contributed by atoms with Crippen molar-refractivity contribution < 1.29 is 19.1 Å². The fourth-order valence-corrected chi connectivity index (χ4v) is 11.2. The van der Waals surface area contributed by atoms with Crippen molar-refractivity contribution in [2.45, 2.75) is 72.0 Å². The van der Waals surface area contributed by atoms with Crippen molar-refractivity contribution in [2.75, 3.05) is 24.7 Å². The van der Waals surface area contributed by atoms with Gasteiger partial charge >= 0.3 is 11.9 Å². The van der Waals surface area contributed by atoms with Crippen LogP contribution in [0, 0.1) is 11.8 Å². The van der Waals surface area contributed by atoms with Gasteiger partial charge in [-0.1, -0.05) is 38.8 Å². The summed E-state index contributed by atoms with van der Waals surface area (Å²) in [6, 6.07) is 0. The first-order valence-corrected chi connectivity index (χ1v) is 15.5. The lowest BCUT2D eigenvalue weighted by atomic mass is 9.80. The minimum Gasteiger partial charge on any atom is -0.461 e. The largest absolute Gasteiger partial charge is 0.461 e. The van der Waals surface area contributed by atoms with E-state index in [0.717, 1.165) is 23.3 Å². The number of hydrogen-bond acceptors (Lipinski definition) is 8. The van der Waals surface area contributed by atoms with Crippen LogP contribution in [-0.4, -0.2) is 56.3 Å². The maximum absolute atomic E-state index is 11.6. The molecule has 0 aromatic heterocycles. The first kappa shape index (κ1) is 26.4. The van der Waals surface area contributed by atoms with Crippen LogP contribution in [0.25, 0.3) is 0 Å². The Labute approximate surface area is 210 Å². The van der Waals surface area contributed by atoms with E-state index in [9.17, 15) is 9.59 Å². The summed E-state index contributed by atoms with van der Waals surface area (Å²) in [5, 5.41) is 0.840. The third-order valence-electron chi connectivity index (χ3n) is 6.14. The highest BCUT2D eigenvalue weighted by atomic mass is 32.2. The summed E-state index contributed by atoms with van der Waals surface area (Å²) in [6.07, 6.45) is 7.96. The molecular formula is C24H36O4S4. The molecule has 3 fully saturated rings. The molecule has 3 aliphatic rings. The minimum atomic E-state index is -0.268. The third kappa shape index (κ3) is 8.55. The predicted molar refractivity (Wildman–Crippen MR) is 141 cm³/mol. The SMILES string of the molecule is C=C(C)C(=O)OCC1CSC(CC2CCC(CC3SCC(COC(=O)C(=C)C)S3)CC2)S1. The molecule has 0 aromatic carbocycles. The van der Waals surface area contributed by atoms with E-state index < -0.39 is 0 Å². The van der Waals surface area contributed by atoms with Gasteiger partial charge in [0, 0.05) is 33.2 Å². The molecule has 3 rings (SSSR count). The van der Waals surface area contributed by atoms with E-state index in [0.29, 0.717) is 44.0 Å². The van der Waals surface area contributed by atoms with Gasteiger partial charge in [0.1, 0.15) is 13.2 Å². The van der Waals surface area contributed by atoms with Crippen molar-refractivity contribution in [2.24, 2.45) is 11.8 Å². The lowest BCUT2D eigenvalue weighted by Crippen LogP contribution is -2.19. The lowest BCUT2D eigenvalue weighted by Gasteiger charge is -2.31. The van der Waals surface area contributed by atoms with Crippen molar-refractivity contribution in [1.29, 1.82) is 0 Å². The highest BCUT2D eigenvalue weighted by Gasteiger charge is 2.33. The molecular weight excluding hydrogens is 481 g/mol. The molecule has 4 nitrogen and oxygen atoms in total. The molecule has 180 valence electrons. The summed E-state index contributed by atoms with van der Waals surface area (Å²) in [5.41, 5.74) is 0.954. The van der Waals surface area contributed by atoms with E-state index in [2.05, 4.69) is 13.2 Å². The minimum absolute atomic E-state index is 0.268. The van der Waals surface area contributed by atoms with Crippen LogP contribution in [0.2, 0.25) is 0 Å². The van der Waals surface area contributed by atoms with Crippen LogP contribution < -0.4 is 0 Å². The topological polar surface area (TPSA) is 52.6 Å². The second-order valence-corrected chi connectivity index (χ2v) is 15.2. The maximum Gasteiger partial charge on any atom is 0.333 e. The zero-order valence-corrected chi connectivity index (χ0v) is 22.5. The van der Waals surface area contributed by atoms with Crippen LogP contribution in [0.5, 0.6) is 0 Å². The Morgan fingerprint density at radius 3 is 1.47 bits per heavy atom. The molecule has 0 radical (unpaired) electrons. The van der Waals surface area contributed by atoms with Crippen molar-refractivity contribution in [1.82, 2.24) is 0 Å². The summed E-state index contributed by atoms with van der Waals surface area (Å²) in [6.45, 7) is 11.7. The first-order chi connectivity index (χ1) is 15.3. The quantitative estimate of drug-likeness (QED) is 0.253. The Bertz CT molecular complexity index is 631. The molecule has 1 aliphatic carbocycles. The van der Waals surface area contributed by atoms with Crippen LogP contribution in [0.15, 0.2) is 24.3 Å². The Balaban J connectivity index is 1.27. The third-order valence-corrected chi connectivity index (χ3v) is 12.7. The molecule has 2 aliphatic heterocycles. The summed E-state index contributed by atoms with van der Waals surface area (Å²) in [7, 11) is 0. The Kier molecular flexibility index (Phi) is 10.8. The predicted octanol–water partition coefficient (Wildman–Crippen LogP) is 6.16. The number of hydrogen-bond donors (Lipinski definition) is 0. The van der Waals surface area contributed by atoms with E-state index in [-0.39, 0.29) is 11.9 Å². The summed E-state index contributed by atoms with van der Waals surface area (Å²) in [5.74, 6) is 3.29. The maximum atomic E-state index is 11.6. The van der Waals surface area contributed by atoms with E-state index >= 15 is 0 Å². The van der Waals surface area contributed by atoms with Crippen LogP contribution in [0.3, 0.4) is 0 Å². The number of rotatable bonds is 10. The van der Waals surface area contributed by atoms with Crippen molar-refractivity contribution in [3.05, 3.63) is 24.3 Å². The highest BCUT2D eigenvalue weighted by molar-refractivity contribution is 8.20. The van der Waals surface area contributed by atoms with Crippen LogP contribution in [-0.2, 0) is 19.1 Å². The van der Waals surface area contributed by atoms with Gasteiger partial charge in [-0.25, -0.2) is 9.59 Å². The smallest absolute Gasteiger partial charge is 0.333 e. The van der Waals surface area contributed by atoms with Gasteiger partial charge < -0.3 is 9.47 Å². The fraction of sp³-hybridized carbons (Fsp3) is 0.750. The molecule has 0 N–H and O–H groups in total. The number of esters is 2. The molecule has 0 amide bonds. The fourth-order valence-electron chi connectivity index (χ4n) is 4.27. The van der Waals surface area contributed by atoms with Gasteiger partial charge in [-0.15, -0.1) is 47.0 Å². The molecule has 8 heteroatoms. The molecule has 2 heterocycles. The van der Waals surface area contributed by atoms with Crippen molar-refractivity contribution in [3.8, 4) is 0 Å². The molecule has 32 heavy (non-hydrogen) atoms. The zero-order valence-electron chi connectivity index (χ0n) is 19.2. The number of carbonyl (C=O) groups is 2. The molecule has 4 atom stereocenters. The monoisotopic (exact) mass is 516 g/mol. The second kappa shape index (κ2) is 13.1. The van der Waals surface area contributed by atoms with Crippen molar-refractivity contribution in [3.63, 3.8) is 0 Å². The molecule has 4 unspecified atom stereocenters. The van der Waals surface area contributed by atoms with Crippen LogP contribution in [0.1, 0.15) is 52.4 Å². The van der Waals surface area contributed by atoms with Gasteiger partial charge in [0.05, 0.1) is 9.16 Å². The normalized spacial score (nSPS) is 32.4. The van der Waals surface area contributed by atoms with Crippen LogP contribution in [0.4, 0.5) is 0 Å². The summed E-state index contributed by atoms with van der Waals surface area (Å²) < 4.78 is 12.0. The van der Waals surface area contributed by atoms with E-state index in [1.54, 1.807) is 13.8 Å². The van der Waals surface area contributed by atoms with E-state index in [1.165, 1.54) is 38.5 Å². The lowest BCUT2D eigenvalue weighted by molar-refractivity contribution is -0.139. The Morgan fingerprint density at radius 1 is 0.750 bits per heavy atom. The Morgan fingerprint density at radius 2 is 1.12 bits per heavy atom. The second-order valence-electron chi connectivity index (χ2n) is 9.16. The van der Waals surface area contributed by atoms with Crippen LogP contribution >= 0.6 is 47.0 Å². The van der Waals surface area contributed by atoms with Gasteiger partial charge in [0.2, 0.25) is 0 Å². The van der Waals surface area contributed by atoms with Gasteiger partial charge in [0.15, 0.2) is 0 Å². The molecule has 0 spiro atoms. The van der Waals surface area contributed by atoms with Gasteiger partial charge in [-0.2, -0.15) is 0 Å². The molecule has 2 saturated heterocycles. The molecule has 0 bridgehead atoms. The van der Waals surface area contributed by atoms with Gasteiger partial charge in [0.25, 0.3) is 0 Å².